The molecule has 0 rings (SSSR count). The van der Waals surface area contributed by atoms with Crippen molar-refractivity contribution in [1.82, 2.24) is 10.9 Å². The lowest BCUT2D eigenvalue weighted by atomic mass is 10.0. The van der Waals surface area contributed by atoms with Gasteiger partial charge in [0.1, 0.15) is 11.7 Å². The molecule has 0 saturated heterocycles. The van der Waals surface area contributed by atoms with Crippen LogP contribution < -0.4 is 10.9 Å². The Hall–Kier alpha value is -1.46. The highest BCUT2D eigenvalue weighted by molar-refractivity contribution is 5.73. The molecular weight excluding hydrogens is 260 g/mol. The number of amides is 2. The SMILES string of the molecule is CCCC(C)(C)OC(=O)N[N]C(=O)OC(C)C(C)CC. The minimum absolute atomic E-state index is 0.240. The lowest BCUT2D eigenvalue weighted by Gasteiger charge is -2.24. The van der Waals surface area contributed by atoms with Crippen molar-refractivity contribution in [2.45, 2.75) is 72.5 Å². The molecule has 2 amide bonds. The van der Waals surface area contributed by atoms with Crippen LogP contribution in [-0.4, -0.2) is 23.9 Å². The molecule has 0 aromatic carbocycles. The smallest absolute Gasteiger partial charge is 0.444 e. The van der Waals surface area contributed by atoms with Crippen molar-refractivity contribution in [3.8, 4) is 0 Å². The van der Waals surface area contributed by atoms with Crippen LogP contribution in [0.4, 0.5) is 9.59 Å². The normalized spacial score (nSPS) is 14.1. The molecule has 0 heterocycles. The Bertz CT molecular complexity index is 318. The van der Waals surface area contributed by atoms with Crippen LogP contribution in [0.1, 0.15) is 60.8 Å². The summed E-state index contributed by atoms with van der Waals surface area (Å²) in [6.07, 6.45) is 0.710. The second-order valence-electron chi connectivity index (χ2n) is 5.60. The van der Waals surface area contributed by atoms with Gasteiger partial charge in [0.2, 0.25) is 0 Å². The van der Waals surface area contributed by atoms with Gasteiger partial charge in [-0.15, -0.1) is 0 Å². The quantitative estimate of drug-likeness (QED) is 0.759. The van der Waals surface area contributed by atoms with Crippen LogP contribution in [0.5, 0.6) is 0 Å². The van der Waals surface area contributed by atoms with Crippen molar-refractivity contribution < 1.29 is 19.1 Å². The van der Waals surface area contributed by atoms with E-state index in [4.69, 9.17) is 9.47 Å². The van der Waals surface area contributed by atoms with Gasteiger partial charge >= 0.3 is 12.2 Å². The number of nitrogens with zero attached hydrogens (tertiary/aromatic N) is 1. The lowest BCUT2D eigenvalue weighted by molar-refractivity contribution is 0.0266. The molecule has 1 N–H and O–H groups in total. The van der Waals surface area contributed by atoms with Gasteiger partial charge in [-0.05, 0) is 33.1 Å². The molecule has 0 aliphatic heterocycles. The fraction of sp³-hybridized carbons (Fsp3) is 0.857. The Kier molecular flexibility index (Phi) is 8.03. The first kappa shape index (κ1) is 18.5. The highest BCUT2D eigenvalue weighted by atomic mass is 16.6. The Morgan fingerprint density at radius 3 is 2.35 bits per heavy atom. The average molecular weight is 287 g/mol. The molecule has 6 heteroatoms. The van der Waals surface area contributed by atoms with Crippen LogP contribution in [0.25, 0.3) is 0 Å². The van der Waals surface area contributed by atoms with E-state index in [-0.39, 0.29) is 12.0 Å². The van der Waals surface area contributed by atoms with Gasteiger partial charge in [-0.1, -0.05) is 39.0 Å². The van der Waals surface area contributed by atoms with Gasteiger partial charge in [0.05, 0.1) is 0 Å². The van der Waals surface area contributed by atoms with Crippen LogP contribution in [0, 0.1) is 5.92 Å². The standard InChI is InChI=1S/C14H27N2O4/c1-7-9-14(5,6)20-13(18)16-15-12(17)19-11(4)10(3)8-2/h10-11H,7-9H2,1-6H3,(H,16,18). The first-order valence-corrected chi connectivity index (χ1v) is 7.12. The molecule has 0 aliphatic carbocycles. The van der Waals surface area contributed by atoms with Crippen molar-refractivity contribution in [1.29, 1.82) is 0 Å². The molecule has 0 aromatic rings. The number of hydrogen-bond acceptors (Lipinski definition) is 4. The topological polar surface area (TPSA) is 78.7 Å². The minimum Gasteiger partial charge on any atom is -0.444 e. The molecule has 20 heavy (non-hydrogen) atoms. The van der Waals surface area contributed by atoms with Gasteiger partial charge in [-0.2, -0.15) is 0 Å². The van der Waals surface area contributed by atoms with Crippen molar-refractivity contribution in [3.63, 3.8) is 0 Å². The first-order chi connectivity index (χ1) is 9.21. The molecule has 0 fully saturated rings. The predicted molar refractivity (Wildman–Crippen MR) is 76.1 cm³/mol. The number of rotatable bonds is 6. The maximum absolute atomic E-state index is 11.5. The minimum atomic E-state index is -0.817. The summed E-state index contributed by atoms with van der Waals surface area (Å²) in [6.45, 7) is 11.4. The van der Waals surface area contributed by atoms with Gasteiger partial charge in [0.15, 0.2) is 0 Å². The molecule has 2 atom stereocenters. The van der Waals surface area contributed by atoms with Crippen molar-refractivity contribution >= 4 is 12.2 Å². The third-order valence-electron chi connectivity index (χ3n) is 3.19. The van der Waals surface area contributed by atoms with E-state index >= 15 is 0 Å². The van der Waals surface area contributed by atoms with E-state index in [9.17, 15) is 9.59 Å². The molecule has 0 aliphatic rings. The zero-order chi connectivity index (χ0) is 15.8. The molecule has 0 aromatic heterocycles. The molecule has 0 bridgehead atoms. The monoisotopic (exact) mass is 287 g/mol. The third kappa shape index (κ3) is 7.86. The van der Waals surface area contributed by atoms with Gasteiger partial charge in [0, 0.05) is 0 Å². The third-order valence-corrected chi connectivity index (χ3v) is 3.19. The van der Waals surface area contributed by atoms with E-state index in [0.29, 0.717) is 0 Å². The van der Waals surface area contributed by atoms with Gasteiger partial charge < -0.3 is 9.47 Å². The Morgan fingerprint density at radius 1 is 1.25 bits per heavy atom. The lowest BCUT2D eigenvalue weighted by Crippen LogP contribution is -2.41. The highest BCUT2D eigenvalue weighted by Gasteiger charge is 2.23. The summed E-state index contributed by atoms with van der Waals surface area (Å²) < 4.78 is 10.2. The zero-order valence-electron chi connectivity index (χ0n) is 13.4. The van der Waals surface area contributed by atoms with Crippen LogP contribution in [0.3, 0.4) is 0 Å². The van der Waals surface area contributed by atoms with Crippen molar-refractivity contribution in [3.05, 3.63) is 0 Å². The van der Waals surface area contributed by atoms with E-state index in [1.807, 2.05) is 26.2 Å². The molecule has 117 valence electrons. The van der Waals surface area contributed by atoms with E-state index in [1.54, 1.807) is 20.8 Å². The van der Waals surface area contributed by atoms with E-state index in [1.165, 1.54) is 0 Å². The van der Waals surface area contributed by atoms with Crippen LogP contribution in [0.2, 0.25) is 0 Å². The summed E-state index contributed by atoms with van der Waals surface area (Å²) in [5, 5.41) is 0. The van der Waals surface area contributed by atoms with E-state index in [0.717, 1.165) is 19.3 Å². The Morgan fingerprint density at radius 2 is 1.85 bits per heavy atom. The number of nitrogens with one attached hydrogen (secondary N) is 1. The molecule has 2 unspecified atom stereocenters. The predicted octanol–water partition coefficient (Wildman–Crippen LogP) is 3.38. The molecular formula is C14H27N2O4. The maximum atomic E-state index is 11.5. The van der Waals surface area contributed by atoms with Crippen LogP contribution in [-0.2, 0) is 9.47 Å². The molecule has 0 saturated carbocycles. The summed E-state index contributed by atoms with van der Waals surface area (Å²) in [7, 11) is 0. The fourth-order valence-electron chi connectivity index (χ4n) is 1.65. The summed E-state index contributed by atoms with van der Waals surface area (Å²) in [5.41, 5.74) is 4.81. The molecule has 6 nitrogen and oxygen atoms in total. The second-order valence-corrected chi connectivity index (χ2v) is 5.60. The number of ether oxygens (including phenoxy) is 2. The number of carbonyl (C=O) groups is 2. The molecule has 1 radical (unpaired) electrons. The van der Waals surface area contributed by atoms with Crippen LogP contribution in [0.15, 0.2) is 0 Å². The van der Waals surface area contributed by atoms with Gasteiger partial charge in [-0.3, -0.25) is 0 Å². The molecule has 0 spiro atoms. The summed E-state index contributed by atoms with van der Waals surface area (Å²) in [4.78, 5) is 22.9. The van der Waals surface area contributed by atoms with Crippen LogP contribution >= 0.6 is 0 Å². The number of carbonyl (C=O) groups excluding carboxylic acids is 2. The van der Waals surface area contributed by atoms with Gasteiger partial charge in [-0.25, -0.2) is 15.0 Å². The highest BCUT2D eigenvalue weighted by Crippen LogP contribution is 2.16. The number of hydrogen-bond donors (Lipinski definition) is 1. The largest absolute Gasteiger partial charge is 0.450 e. The van der Waals surface area contributed by atoms with Crippen molar-refractivity contribution in [2.75, 3.05) is 0 Å². The van der Waals surface area contributed by atoms with Gasteiger partial charge in [0.25, 0.3) is 0 Å². The summed E-state index contributed by atoms with van der Waals surface area (Å²) in [6, 6.07) is 0. The Labute approximate surface area is 121 Å². The summed E-state index contributed by atoms with van der Waals surface area (Å²) >= 11 is 0. The van der Waals surface area contributed by atoms with E-state index in [2.05, 4.69) is 5.43 Å². The first-order valence-electron chi connectivity index (χ1n) is 7.12. The average Bonchev–Trinajstić information content (AvgIpc) is 2.34. The zero-order valence-corrected chi connectivity index (χ0v) is 13.4. The summed E-state index contributed by atoms with van der Waals surface area (Å²) in [5.74, 6) is 0.240. The fourth-order valence-corrected chi connectivity index (χ4v) is 1.65. The maximum Gasteiger partial charge on any atom is 0.450 e. The van der Waals surface area contributed by atoms with Crippen molar-refractivity contribution in [2.24, 2.45) is 5.92 Å². The Balaban J connectivity index is 4.04. The van der Waals surface area contributed by atoms with E-state index < -0.39 is 17.8 Å². The second kappa shape index (κ2) is 8.66.